The first-order chi connectivity index (χ1) is 17.4. The Morgan fingerprint density at radius 2 is 1.39 bits per heavy atom. The molecule has 0 spiro atoms. The number of rotatable bonds is 9. The number of nitrogens with zero attached hydrogens (tertiary/aromatic N) is 2. The molecule has 3 aromatic rings. The molecule has 186 valence electrons. The van der Waals surface area contributed by atoms with E-state index in [2.05, 4.69) is 0 Å². The number of carbonyl (C=O) groups is 3. The molecule has 0 aliphatic carbocycles. The summed E-state index contributed by atoms with van der Waals surface area (Å²) in [6.45, 7) is 4.39. The van der Waals surface area contributed by atoms with Crippen LogP contribution in [0.2, 0.25) is 0 Å². The van der Waals surface area contributed by atoms with Crippen molar-refractivity contribution in [2.45, 2.75) is 39.4 Å². The Labute approximate surface area is 212 Å². The van der Waals surface area contributed by atoms with Crippen molar-refractivity contribution in [1.29, 1.82) is 0 Å². The van der Waals surface area contributed by atoms with Crippen molar-refractivity contribution in [3.8, 4) is 0 Å². The first-order valence-electron chi connectivity index (χ1n) is 12.3. The lowest BCUT2D eigenvalue weighted by Gasteiger charge is -2.33. The Balaban J connectivity index is 1.69. The first-order valence-corrected chi connectivity index (χ1v) is 12.3. The molecular weight excluding hydrogens is 452 g/mol. The average molecular weight is 485 g/mol. The minimum Gasteiger partial charge on any atom is -0.465 e. The second-order valence-corrected chi connectivity index (χ2v) is 9.22. The second kappa shape index (κ2) is 11.2. The molecular formula is C30H32N2O4. The van der Waals surface area contributed by atoms with Crippen LogP contribution in [-0.4, -0.2) is 40.7 Å². The molecule has 0 aromatic heterocycles. The zero-order chi connectivity index (χ0) is 25.5. The summed E-state index contributed by atoms with van der Waals surface area (Å²) >= 11 is 0. The van der Waals surface area contributed by atoms with Crippen molar-refractivity contribution in [3.05, 3.63) is 108 Å². The Kier molecular flexibility index (Phi) is 7.84. The van der Waals surface area contributed by atoms with Crippen LogP contribution >= 0.6 is 0 Å². The quantitative estimate of drug-likeness (QED) is 0.325. The third-order valence-corrected chi connectivity index (χ3v) is 6.76. The summed E-state index contributed by atoms with van der Waals surface area (Å²) in [4.78, 5) is 44.3. The molecule has 1 saturated heterocycles. The van der Waals surface area contributed by atoms with Crippen molar-refractivity contribution in [3.63, 3.8) is 0 Å². The van der Waals surface area contributed by atoms with Gasteiger partial charge in [0.2, 0.25) is 11.8 Å². The highest BCUT2D eigenvalue weighted by Crippen LogP contribution is 2.40. The molecule has 6 nitrogen and oxygen atoms in total. The lowest BCUT2D eigenvalue weighted by Crippen LogP contribution is -2.50. The molecule has 2 atom stereocenters. The number of ether oxygens (including phenoxy) is 1. The van der Waals surface area contributed by atoms with Gasteiger partial charge < -0.3 is 14.5 Å². The Bertz CT molecular complexity index is 1140. The van der Waals surface area contributed by atoms with Gasteiger partial charge in [-0.2, -0.15) is 0 Å². The summed E-state index contributed by atoms with van der Waals surface area (Å²) in [5.74, 6) is -1.26. The number of benzene rings is 3. The molecule has 36 heavy (non-hydrogen) atoms. The summed E-state index contributed by atoms with van der Waals surface area (Å²) in [5.41, 5.74) is 1.24. The smallest absolute Gasteiger partial charge is 0.324 e. The normalized spacial score (nSPS) is 18.1. The van der Waals surface area contributed by atoms with E-state index in [-0.39, 0.29) is 37.4 Å². The summed E-state index contributed by atoms with van der Waals surface area (Å²) in [6.07, 6.45) is -0.206. The molecule has 0 N–H and O–H groups in total. The van der Waals surface area contributed by atoms with Crippen molar-refractivity contribution in [2.24, 2.45) is 5.41 Å². The Morgan fingerprint density at radius 1 is 0.889 bits per heavy atom. The SMILES string of the molecule is CCOC(=O)[C@]1(C(=O)N(Cc2ccccc2)Cc2ccccc2)CC(=O)N([C@@H](C)c2ccccc2)C1. The molecule has 1 fully saturated rings. The van der Waals surface area contributed by atoms with Gasteiger partial charge in [0.15, 0.2) is 5.41 Å². The van der Waals surface area contributed by atoms with Crippen molar-refractivity contribution < 1.29 is 19.1 Å². The zero-order valence-electron chi connectivity index (χ0n) is 20.8. The van der Waals surface area contributed by atoms with Crippen LogP contribution in [0.25, 0.3) is 0 Å². The van der Waals surface area contributed by atoms with Gasteiger partial charge in [0.05, 0.1) is 19.1 Å². The van der Waals surface area contributed by atoms with Crippen LogP contribution in [0.15, 0.2) is 91.0 Å². The topological polar surface area (TPSA) is 66.9 Å². The number of hydrogen-bond donors (Lipinski definition) is 0. The van der Waals surface area contributed by atoms with E-state index in [1.54, 1.807) is 16.7 Å². The van der Waals surface area contributed by atoms with E-state index in [1.165, 1.54) is 0 Å². The maximum atomic E-state index is 14.3. The summed E-state index contributed by atoms with van der Waals surface area (Å²) in [7, 11) is 0. The van der Waals surface area contributed by atoms with E-state index >= 15 is 0 Å². The predicted octanol–water partition coefficient (Wildman–Crippen LogP) is 4.76. The summed E-state index contributed by atoms with van der Waals surface area (Å²) in [6, 6.07) is 28.7. The van der Waals surface area contributed by atoms with Gasteiger partial charge in [-0.25, -0.2) is 0 Å². The number of likely N-dealkylation sites (tertiary alicyclic amines) is 1. The number of amides is 2. The molecule has 4 rings (SSSR count). The highest BCUT2D eigenvalue weighted by Gasteiger charge is 2.58. The minimum absolute atomic E-state index is 0.0142. The lowest BCUT2D eigenvalue weighted by atomic mass is 9.84. The van der Waals surface area contributed by atoms with Gasteiger partial charge in [0.1, 0.15) is 0 Å². The van der Waals surface area contributed by atoms with Gasteiger partial charge in [-0.05, 0) is 30.5 Å². The van der Waals surface area contributed by atoms with Crippen LogP contribution in [0.4, 0.5) is 0 Å². The fraction of sp³-hybridized carbons (Fsp3) is 0.300. The molecule has 1 heterocycles. The van der Waals surface area contributed by atoms with Crippen LogP contribution in [-0.2, 0) is 32.2 Å². The molecule has 2 amide bonds. The molecule has 3 aromatic carbocycles. The number of carbonyl (C=O) groups excluding carboxylic acids is 3. The van der Waals surface area contributed by atoms with Crippen LogP contribution in [0, 0.1) is 5.41 Å². The first kappa shape index (κ1) is 25.2. The van der Waals surface area contributed by atoms with Gasteiger partial charge in [-0.1, -0.05) is 91.0 Å². The van der Waals surface area contributed by atoms with Crippen LogP contribution in [0.3, 0.4) is 0 Å². The second-order valence-electron chi connectivity index (χ2n) is 9.22. The van der Waals surface area contributed by atoms with E-state index < -0.39 is 11.4 Å². The van der Waals surface area contributed by atoms with Gasteiger partial charge in [-0.15, -0.1) is 0 Å². The molecule has 1 aliphatic heterocycles. The van der Waals surface area contributed by atoms with E-state index in [0.29, 0.717) is 13.1 Å². The highest BCUT2D eigenvalue weighted by atomic mass is 16.5. The van der Waals surface area contributed by atoms with Crippen molar-refractivity contribution >= 4 is 17.8 Å². The molecule has 1 aliphatic rings. The fourth-order valence-corrected chi connectivity index (χ4v) is 4.81. The molecule has 0 radical (unpaired) electrons. The molecule has 0 saturated carbocycles. The number of esters is 1. The Hall–Kier alpha value is -3.93. The van der Waals surface area contributed by atoms with E-state index in [1.807, 2.05) is 97.9 Å². The summed E-state index contributed by atoms with van der Waals surface area (Å²) < 4.78 is 5.42. The largest absolute Gasteiger partial charge is 0.465 e. The third kappa shape index (κ3) is 5.33. The maximum absolute atomic E-state index is 14.3. The minimum atomic E-state index is -1.60. The zero-order valence-corrected chi connectivity index (χ0v) is 20.8. The van der Waals surface area contributed by atoms with E-state index in [0.717, 1.165) is 16.7 Å². The van der Waals surface area contributed by atoms with E-state index in [4.69, 9.17) is 4.74 Å². The van der Waals surface area contributed by atoms with Crippen LogP contribution in [0.5, 0.6) is 0 Å². The number of hydrogen-bond acceptors (Lipinski definition) is 4. The van der Waals surface area contributed by atoms with Crippen LogP contribution < -0.4 is 0 Å². The maximum Gasteiger partial charge on any atom is 0.324 e. The van der Waals surface area contributed by atoms with E-state index in [9.17, 15) is 14.4 Å². The molecule has 0 unspecified atom stereocenters. The predicted molar refractivity (Wildman–Crippen MR) is 137 cm³/mol. The fourth-order valence-electron chi connectivity index (χ4n) is 4.81. The van der Waals surface area contributed by atoms with Crippen molar-refractivity contribution in [2.75, 3.05) is 13.2 Å². The highest BCUT2D eigenvalue weighted by molar-refractivity contribution is 6.08. The van der Waals surface area contributed by atoms with Gasteiger partial charge >= 0.3 is 5.97 Å². The van der Waals surface area contributed by atoms with Crippen molar-refractivity contribution in [1.82, 2.24) is 9.80 Å². The van der Waals surface area contributed by atoms with Crippen LogP contribution in [0.1, 0.15) is 43.0 Å². The Morgan fingerprint density at radius 3 is 1.89 bits per heavy atom. The standard InChI is InChI=1S/C30H32N2O4/c1-3-36-29(35)30(19-27(33)32(22-30)23(2)26-17-11-6-12-18-26)28(34)31(20-24-13-7-4-8-14-24)21-25-15-9-5-10-16-25/h4-18,23H,3,19-22H2,1-2H3/t23-,30+/m0/s1. The average Bonchev–Trinajstić information content (AvgIpc) is 3.27. The summed E-state index contributed by atoms with van der Waals surface area (Å²) in [5, 5.41) is 0. The lowest BCUT2D eigenvalue weighted by molar-refractivity contribution is -0.165. The monoisotopic (exact) mass is 484 g/mol. The van der Waals surface area contributed by atoms with Gasteiger partial charge in [0.25, 0.3) is 0 Å². The third-order valence-electron chi connectivity index (χ3n) is 6.76. The van der Waals surface area contributed by atoms with Gasteiger partial charge in [0, 0.05) is 19.6 Å². The molecule has 6 heteroatoms. The van der Waals surface area contributed by atoms with Gasteiger partial charge in [-0.3, -0.25) is 14.4 Å². The molecule has 0 bridgehead atoms.